The average Bonchev–Trinajstić information content (AvgIpc) is 2.84. The lowest BCUT2D eigenvalue weighted by atomic mass is 10.1. The van der Waals surface area contributed by atoms with E-state index in [4.69, 9.17) is 5.26 Å². The second kappa shape index (κ2) is 7.21. The van der Waals surface area contributed by atoms with Crippen molar-refractivity contribution >= 4 is 5.91 Å². The quantitative estimate of drug-likeness (QED) is 0.846. The zero-order valence-electron chi connectivity index (χ0n) is 12.3. The first-order valence-corrected chi connectivity index (χ1v) is 7.22. The largest absolute Gasteiger partial charge is 0.390 e. The third kappa shape index (κ3) is 4.55. The van der Waals surface area contributed by atoms with Gasteiger partial charge in [-0.05, 0) is 31.2 Å². The Bertz CT molecular complexity index is 539. The first-order valence-electron chi connectivity index (χ1n) is 7.22. The van der Waals surface area contributed by atoms with E-state index in [9.17, 15) is 9.90 Å². The lowest BCUT2D eigenvalue weighted by Gasteiger charge is -2.24. The van der Waals surface area contributed by atoms with Gasteiger partial charge in [0.1, 0.15) is 0 Å². The van der Waals surface area contributed by atoms with Crippen molar-refractivity contribution in [3.63, 3.8) is 0 Å². The summed E-state index contributed by atoms with van der Waals surface area (Å²) in [6.07, 6.45) is 0.947. The molecule has 5 nitrogen and oxygen atoms in total. The molecular formula is C16H21N3O2. The predicted octanol–water partition coefficient (Wildman–Crippen LogP) is 0.973. The van der Waals surface area contributed by atoms with Crippen molar-refractivity contribution in [1.82, 2.24) is 9.80 Å². The molecule has 1 atom stereocenters. The molecular weight excluding hydrogens is 266 g/mol. The van der Waals surface area contributed by atoms with Crippen molar-refractivity contribution in [3.05, 3.63) is 35.4 Å². The standard InChI is InChI=1S/C16H21N3O2/c1-18(10-14-5-2-4-13(8-14)9-17)11-15(20)12-19-7-3-6-16(19)21/h2,4-5,8,15,20H,3,6-7,10-12H2,1H3. The number of rotatable bonds is 6. The molecule has 1 aromatic rings. The van der Waals surface area contributed by atoms with Crippen LogP contribution in [0.25, 0.3) is 0 Å². The molecule has 1 aromatic carbocycles. The van der Waals surface area contributed by atoms with Gasteiger partial charge < -0.3 is 10.0 Å². The average molecular weight is 287 g/mol. The number of amides is 1. The minimum Gasteiger partial charge on any atom is -0.390 e. The minimum atomic E-state index is -0.545. The Kier molecular flexibility index (Phi) is 5.32. The third-order valence-electron chi connectivity index (χ3n) is 3.63. The lowest BCUT2D eigenvalue weighted by molar-refractivity contribution is -0.129. The molecule has 1 N–H and O–H groups in total. The van der Waals surface area contributed by atoms with Gasteiger partial charge in [0.05, 0.1) is 17.7 Å². The molecule has 112 valence electrons. The van der Waals surface area contributed by atoms with Crippen LogP contribution >= 0.6 is 0 Å². The second-order valence-electron chi connectivity index (χ2n) is 5.61. The number of nitriles is 1. The van der Waals surface area contributed by atoms with E-state index in [-0.39, 0.29) is 5.91 Å². The van der Waals surface area contributed by atoms with Gasteiger partial charge >= 0.3 is 0 Å². The molecule has 1 amide bonds. The number of hydrogen-bond donors (Lipinski definition) is 1. The number of benzene rings is 1. The zero-order chi connectivity index (χ0) is 15.2. The summed E-state index contributed by atoms with van der Waals surface area (Å²) in [6.45, 7) is 2.33. The van der Waals surface area contributed by atoms with Crippen molar-refractivity contribution in [2.75, 3.05) is 26.7 Å². The molecule has 21 heavy (non-hydrogen) atoms. The van der Waals surface area contributed by atoms with Crippen LogP contribution in [0.5, 0.6) is 0 Å². The van der Waals surface area contributed by atoms with Crippen LogP contribution in [0.15, 0.2) is 24.3 Å². The number of likely N-dealkylation sites (N-methyl/N-ethyl adjacent to an activating group) is 1. The highest BCUT2D eigenvalue weighted by molar-refractivity contribution is 5.78. The summed E-state index contributed by atoms with van der Waals surface area (Å²) in [5, 5.41) is 19.0. The molecule has 1 unspecified atom stereocenters. The summed E-state index contributed by atoms with van der Waals surface area (Å²) in [5.41, 5.74) is 1.69. The smallest absolute Gasteiger partial charge is 0.222 e. The summed E-state index contributed by atoms with van der Waals surface area (Å²) in [6, 6.07) is 9.58. The minimum absolute atomic E-state index is 0.137. The molecule has 1 fully saturated rings. The SMILES string of the molecule is CN(Cc1cccc(C#N)c1)CC(O)CN1CCCC1=O. The third-order valence-corrected chi connectivity index (χ3v) is 3.63. The number of aliphatic hydroxyl groups is 1. The molecule has 0 radical (unpaired) electrons. The summed E-state index contributed by atoms with van der Waals surface area (Å²) in [7, 11) is 1.92. The maximum absolute atomic E-state index is 11.5. The van der Waals surface area contributed by atoms with Crippen molar-refractivity contribution in [3.8, 4) is 6.07 Å². The van der Waals surface area contributed by atoms with Crippen molar-refractivity contribution in [2.45, 2.75) is 25.5 Å². The fourth-order valence-electron chi connectivity index (χ4n) is 2.68. The molecule has 0 aliphatic carbocycles. The maximum atomic E-state index is 11.5. The zero-order valence-corrected chi connectivity index (χ0v) is 12.3. The van der Waals surface area contributed by atoms with E-state index < -0.39 is 6.10 Å². The normalized spacial score (nSPS) is 16.3. The molecule has 2 rings (SSSR count). The van der Waals surface area contributed by atoms with E-state index in [2.05, 4.69) is 6.07 Å². The Labute approximate surface area is 125 Å². The number of hydrogen-bond acceptors (Lipinski definition) is 4. The van der Waals surface area contributed by atoms with E-state index in [1.165, 1.54) is 0 Å². The number of carbonyl (C=O) groups is 1. The highest BCUT2D eigenvalue weighted by atomic mass is 16.3. The lowest BCUT2D eigenvalue weighted by Crippen LogP contribution is -2.39. The van der Waals surface area contributed by atoms with Gasteiger partial charge in [0, 0.05) is 32.6 Å². The van der Waals surface area contributed by atoms with Gasteiger partial charge in [-0.2, -0.15) is 5.26 Å². The molecule has 0 spiro atoms. The second-order valence-corrected chi connectivity index (χ2v) is 5.61. The fraction of sp³-hybridized carbons (Fsp3) is 0.500. The first-order chi connectivity index (χ1) is 10.1. The van der Waals surface area contributed by atoms with Gasteiger partial charge in [-0.15, -0.1) is 0 Å². The highest BCUT2D eigenvalue weighted by Crippen LogP contribution is 2.11. The molecule has 1 heterocycles. The fourth-order valence-corrected chi connectivity index (χ4v) is 2.68. The maximum Gasteiger partial charge on any atom is 0.222 e. The van der Waals surface area contributed by atoms with E-state index in [0.29, 0.717) is 31.6 Å². The Morgan fingerprint density at radius 1 is 1.52 bits per heavy atom. The predicted molar refractivity (Wildman–Crippen MR) is 79.3 cm³/mol. The van der Waals surface area contributed by atoms with Gasteiger partial charge in [0.25, 0.3) is 0 Å². The Morgan fingerprint density at radius 3 is 3.00 bits per heavy atom. The van der Waals surface area contributed by atoms with E-state index in [1.54, 1.807) is 11.0 Å². The van der Waals surface area contributed by atoms with Gasteiger partial charge in [-0.3, -0.25) is 9.69 Å². The monoisotopic (exact) mass is 287 g/mol. The van der Waals surface area contributed by atoms with Crippen LogP contribution in [0.3, 0.4) is 0 Å². The summed E-state index contributed by atoms with van der Waals surface area (Å²) >= 11 is 0. The molecule has 1 saturated heterocycles. The Morgan fingerprint density at radius 2 is 2.33 bits per heavy atom. The highest BCUT2D eigenvalue weighted by Gasteiger charge is 2.22. The molecule has 1 aliphatic heterocycles. The molecule has 1 aliphatic rings. The van der Waals surface area contributed by atoms with E-state index in [1.807, 2.05) is 30.1 Å². The van der Waals surface area contributed by atoms with Crippen molar-refractivity contribution in [2.24, 2.45) is 0 Å². The van der Waals surface area contributed by atoms with Crippen LogP contribution in [0.2, 0.25) is 0 Å². The van der Waals surface area contributed by atoms with Crippen molar-refractivity contribution in [1.29, 1.82) is 5.26 Å². The number of likely N-dealkylation sites (tertiary alicyclic amines) is 1. The van der Waals surface area contributed by atoms with Crippen LogP contribution in [0.1, 0.15) is 24.0 Å². The summed E-state index contributed by atoms with van der Waals surface area (Å²) < 4.78 is 0. The van der Waals surface area contributed by atoms with Crippen LogP contribution in [0, 0.1) is 11.3 Å². The van der Waals surface area contributed by atoms with Gasteiger partial charge in [-0.25, -0.2) is 0 Å². The number of carbonyl (C=O) groups excluding carboxylic acids is 1. The topological polar surface area (TPSA) is 67.6 Å². The molecule has 0 bridgehead atoms. The van der Waals surface area contributed by atoms with E-state index in [0.717, 1.165) is 18.5 Å². The van der Waals surface area contributed by atoms with Gasteiger partial charge in [-0.1, -0.05) is 12.1 Å². The van der Waals surface area contributed by atoms with Crippen LogP contribution in [0.4, 0.5) is 0 Å². The van der Waals surface area contributed by atoms with E-state index >= 15 is 0 Å². The van der Waals surface area contributed by atoms with Gasteiger partial charge in [0.2, 0.25) is 5.91 Å². The van der Waals surface area contributed by atoms with Crippen LogP contribution in [-0.2, 0) is 11.3 Å². The summed E-state index contributed by atoms with van der Waals surface area (Å²) in [4.78, 5) is 15.3. The first kappa shape index (κ1) is 15.5. The Balaban J connectivity index is 1.81. The van der Waals surface area contributed by atoms with Crippen molar-refractivity contribution < 1.29 is 9.90 Å². The molecule has 0 aromatic heterocycles. The number of nitrogens with zero attached hydrogens (tertiary/aromatic N) is 3. The van der Waals surface area contributed by atoms with Crippen LogP contribution in [-0.4, -0.2) is 53.6 Å². The van der Waals surface area contributed by atoms with Crippen LogP contribution < -0.4 is 0 Å². The molecule has 5 heteroatoms. The Hall–Kier alpha value is -1.90. The summed E-state index contributed by atoms with van der Waals surface area (Å²) in [5.74, 6) is 0.137. The number of β-amino-alcohol motifs (C(OH)–C–C–N with tert-alkyl or cyclic N) is 1. The van der Waals surface area contributed by atoms with Gasteiger partial charge in [0.15, 0.2) is 0 Å². The molecule has 0 saturated carbocycles. The number of aliphatic hydroxyl groups excluding tert-OH is 1.